The lowest BCUT2D eigenvalue weighted by molar-refractivity contribution is 0.102. The van der Waals surface area contributed by atoms with E-state index in [2.05, 4.69) is 15.5 Å². The van der Waals surface area contributed by atoms with Crippen molar-refractivity contribution in [1.29, 1.82) is 0 Å². The van der Waals surface area contributed by atoms with Gasteiger partial charge in [-0.3, -0.25) is 4.79 Å². The number of nitrogens with zero attached hydrogens (tertiary/aromatic N) is 2. The minimum Gasteiger partial charge on any atom is -0.320 e. The zero-order valence-corrected chi connectivity index (χ0v) is 9.97. The molecule has 0 aliphatic heterocycles. The molecule has 82 valence electrons. The number of benzene rings is 1. The lowest BCUT2D eigenvalue weighted by Crippen LogP contribution is -2.11. The van der Waals surface area contributed by atoms with Crippen molar-refractivity contribution >= 4 is 34.5 Å². The van der Waals surface area contributed by atoms with Gasteiger partial charge in [-0.25, -0.2) is 0 Å². The Morgan fingerprint density at radius 1 is 1.44 bits per heavy atom. The van der Waals surface area contributed by atoms with Gasteiger partial charge in [0, 0.05) is 5.69 Å². The third-order valence-corrected chi connectivity index (χ3v) is 2.89. The Labute approximate surface area is 101 Å². The third-order valence-electron chi connectivity index (χ3n) is 1.87. The molecule has 0 radical (unpaired) electrons. The van der Waals surface area contributed by atoms with Gasteiger partial charge in [-0.1, -0.05) is 23.5 Å². The van der Waals surface area contributed by atoms with Gasteiger partial charge in [0.05, 0.1) is 0 Å². The summed E-state index contributed by atoms with van der Waals surface area (Å²) < 4.78 is 0.259. The summed E-state index contributed by atoms with van der Waals surface area (Å²) in [5, 5.41) is 10.2. The fourth-order valence-corrected chi connectivity index (χ4v) is 1.93. The highest BCUT2D eigenvalue weighted by Crippen LogP contribution is 2.17. The van der Waals surface area contributed by atoms with Gasteiger partial charge >= 0.3 is 0 Å². The Hall–Kier alpha value is -1.46. The van der Waals surface area contributed by atoms with Crippen molar-refractivity contribution in [3.63, 3.8) is 0 Å². The van der Waals surface area contributed by atoms with Gasteiger partial charge in [0.1, 0.15) is 0 Å². The van der Waals surface area contributed by atoms with Crippen LogP contribution in [-0.2, 0) is 0 Å². The predicted molar refractivity (Wildman–Crippen MR) is 64.1 cm³/mol. The van der Waals surface area contributed by atoms with E-state index in [1.54, 1.807) is 0 Å². The molecule has 1 aromatic heterocycles. The van der Waals surface area contributed by atoms with Crippen molar-refractivity contribution in [2.24, 2.45) is 0 Å². The SMILES string of the molecule is Cc1cccc(NC(=O)c2nnc(Cl)s2)c1. The highest BCUT2D eigenvalue weighted by Gasteiger charge is 2.11. The Kier molecular flexibility index (Phi) is 3.17. The van der Waals surface area contributed by atoms with Crippen molar-refractivity contribution < 1.29 is 4.79 Å². The number of halogens is 1. The van der Waals surface area contributed by atoms with Crippen molar-refractivity contribution in [2.75, 3.05) is 5.32 Å². The van der Waals surface area contributed by atoms with Gasteiger partial charge < -0.3 is 5.32 Å². The van der Waals surface area contributed by atoms with Gasteiger partial charge in [-0.2, -0.15) is 0 Å². The van der Waals surface area contributed by atoms with E-state index in [1.807, 2.05) is 31.2 Å². The van der Waals surface area contributed by atoms with Gasteiger partial charge in [-0.05, 0) is 36.2 Å². The van der Waals surface area contributed by atoms with Crippen LogP contribution in [0, 0.1) is 6.92 Å². The van der Waals surface area contributed by atoms with Crippen LogP contribution in [0.25, 0.3) is 0 Å². The van der Waals surface area contributed by atoms with Crippen LogP contribution in [0.5, 0.6) is 0 Å². The number of aryl methyl sites for hydroxylation is 1. The summed E-state index contributed by atoms with van der Waals surface area (Å²) in [6, 6.07) is 7.52. The summed E-state index contributed by atoms with van der Waals surface area (Å²) in [5.41, 5.74) is 1.81. The molecule has 2 rings (SSSR count). The topological polar surface area (TPSA) is 54.9 Å². The lowest BCUT2D eigenvalue weighted by atomic mass is 10.2. The van der Waals surface area contributed by atoms with Crippen LogP contribution in [-0.4, -0.2) is 16.1 Å². The number of aromatic nitrogens is 2. The zero-order chi connectivity index (χ0) is 11.5. The molecule has 1 N–H and O–H groups in total. The number of anilines is 1. The van der Waals surface area contributed by atoms with Crippen molar-refractivity contribution in [1.82, 2.24) is 10.2 Å². The monoisotopic (exact) mass is 253 g/mol. The largest absolute Gasteiger partial charge is 0.320 e. The van der Waals surface area contributed by atoms with Crippen LogP contribution in [0.15, 0.2) is 24.3 Å². The maximum atomic E-state index is 11.7. The standard InChI is InChI=1S/C10H8ClN3OS/c1-6-3-2-4-7(5-6)12-8(15)9-13-14-10(11)16-9/h2-5H,1H3,(H,12,15). The number of nitrogens with one attached hydrogen (secondary N) is 1. The highest BCUT2D eigenvalue weighted by molar-refractivity contribution is 7.17. The van der Waals surface area contributed by atoms with Crippen molar-refractivity contribution in [3.8, 4) is 0 Å². The first-order valence-corrected chi connectivity index (χ1v) is 5.71. The Bertz CT molecular complexity index is 526. The van der Waals surface area contributed by atoms with Crippen LogP contribution in [0.2, 0.25) is 4.47 Å². The maximum Gasteiger partial charge on any atom is 0.286 e. The molecule has 0 saturated heterocycles. The summed E-state index contributed by atoms with van der Waals surface area (Å²) in [6.45, 7) is 1.96. The second-order valence-corrected chi connectivity index (χ2v) is 4.74. The Balaban J connectivity index is 2.13. The fourth-order valence-electron chi connectivity index (χ4n) is 1.20. The number of carbonyl (C=O) groups excluding carboxylic acids is 1. The number of rotatable bonds is 2. The van der Waals surface area contributed by atoms with Crippen LogP contribution >= 0.6 is 22.9 Å². The molecule has 0 spiro atoms. The summed E-state index contributed by atoms with van der Waals surface area (Å²) >= 11 is 6.65. The summed E-state index contributed by atoms with van der Waals surface area (Å²) in [7, 11) is 0. The number of hydrogen-bond acceptors (Lipinski definition) is 4. The first-order chi connectivity index (χ1) is 7.65. The van der Waals surface area contributed by atoms with E-state index in [0.717, 1.165) is 22.6 Å². The van der Waals surface area contributed by atoms with Gasteiger partial charge in [-0.15, -0.1) is 10.2 Å². The van der Waals surface area contributed by atoms with E-state index in [-0.39, 0.29) is 15.4 Å². The van der Waals surface area contributed by atoms with Crippen molar-refractivity contribution in [3.05, 3.63) is 39.3 Å². The summed E-state index contributed by atoms with van der Waals surface area (Å²) in [6.07, 6.45) is 0. The quantitative estimate of drug-likeness (QED) is 0.895. The molecule has 0 saturated carbocycles. The first-order valence-electron chi connectivity index (χ1n) is 4.52. The molecule has 0 aliphatic rings. The fraction of sp³-hybridized carbons (Fsp3) is 0.100. The minimum atomic E-state index is -0.296. The van der Waals surface area contributed by atoms with Crippen LogP contribution in [0.3, 0.4) is 0 Å². The van der Waals surface area contributed by atoms with Crippen LogP contribution < -0.4 is 5.32 Å². The van der Waals surface area contributed by atoms with E-state index in [4.69, 9.17) is 11.6 Å². The van der Waals surface area contributed by atoms with Crippen molar-refractivity contribution in [2.45, 2.75) is 6.92 Å². The minimum absolute atomic E-state index is 0.256. The van der Waals surface area contributed by atoms with Gasteiger partial charge in [0.15, 0.2) is 0 Å². The number of carbonyl (C=O) groups is 1. The average Bonchev–Trinajstić information content (AvgIpc) is 2.65. The zero-order valence-electron chi connectivity index (χ0n) is 8.40. The summed E-state index contributed by atoms with van der Waals surface area (Å²) in [4.78, 5) is 11.7. The maximum absolute atomic E-state index is 11.7. The molecule has 4 nitrogen and oxygen atoms in total. The molecule has 16 heavy (non-hydrogen) atoms. The van der Waals surface area contributed by atoms with Crippen LogP contribution in [0.1, 0.15) is 15.4 Å². The third kappa shape index (κ3) is 2.56. The van der Waals surface area contributed by atoms with E-state index < -0.39 is 0 Å². The van der Waals surface area contributed by atoms with Gasteiger partial charge in [0.2, 0.25) is 9.47 Å². The van der Waals surface area contributed by atoms with Crippen LogP contribution in [0.4, 0.5) is 5.69 Å². The molecular formula is C10H8ClN3OS. The van der Waals surface area contributed by atoms with Gasteiger partial charge in [0.25, 0.3) is 5.91 Å². The van der Waals surface area contributed by atoms with E-state index in [0.29, 0.717) is 0 Å². The molecule has 1 aromatic carbocycles. The highest BCUT2D eigenvalue weighted by atomic mass is 35.5. The second kappa shape index (κ2) is 4.59. The molecule has 0 unspecified atom stereocenters. The number of hydrogen-bond donors (Lipinski definition) is 1. The van der Waals surface area contributed by atoms with E-state index >= 15 is 0 Å². The second-order valence-electron chi connectivity index (χ2n) is 3.18. The molecule has 1 heterocycles. The molecule has 0 bridgehead atoms. The molecule has 0 aliphatic carbocycles. The normalized spacial score (nSPS) is 10.1. The smallest absolute Gasteiger partial charge is 0.286 e. The Morgan fingerprint density at radius 2 is 2.25 bits per heavy atom. The van der Waals surface area contributed by atoms with E-state index in [1.165, 1.54) is 0 Å². The molecule has 0 atom stereocenters. The lowest BCUT2D eigenvalue weighted by Gasteiger charge is -2.02. The molecule has 1 amide bonds. The molecule has 2 aromatic rings. The molecule has 6 heteroatoms. The average molecular weight is 254 g/mol. The first kappa shape index (κ1) is 11.0. The molecule has 0 fully saturated rings. The Morgan fingerprint density at radius 3 is 2.88 bits per heavy atom. The molecular weight excluding hydrogens is 246 g/mol. The predicted octanol–water partition coefficient (Wildman–Crippen LogP) is 2.75. The summed E-state index contributed by atoms with van der Waals surface area (Å²) in [5.74, 6) is -0.296. The van der Waals surface area contributed by atoms with E-state index in [9.17, 15) is 4.79 Å². The number of amides is 1.